The van der Waals surface area contributed by atoms with E-state index in [1.807, 2.05) is 36.4 Å². The van der Waals surface area contributed by atoms with Crippen LogP contribution in [0.1, 0.15) is 53.3 Å². The molecule has 0 fully saturated rings. The summed E-state index contributed by atoms with van der Waals surface area (Å²) >= 11 is 0. The Balaban J connectivity index is 1.67. The molecule has 3 aromatic rings. The van der Waals surface area contributed by atoms with Gasteiger partial charge in [-0.1, -0.05) is 68.7 Å². The first-order valence-corrected chi connectivity index (χ1v) is 9.66. The quantitative estimate of drug-likeness (QED) is 0.283. The van der Waals surface area contributed by atoms with Crippen molar-refractivity contribution in [2.45, 2.75) is 32.6 Å². The molecule has 0 atom stereocenters. The number of carbonyl (C=O) groups is 2. The smallest absolute Gasteiger partial charge is 0.343 e. The van der Waals surface area contributed by atoms with Crippen LogP contribution in [0.25, 0.3) is 10.8 Å². The van der Waals surface area contributed by atoms with E-state index in [1.54, 1.807) is 24.3 Å². The summed E-state index contributed by atoms with van der Waals surface area (Å²) in [7, 11) is 0. The summed E-state index contributed by atoms with van der Waals surface area (Å²) in [5.41, 5.74) is 0.663. The molecule has 0 bridgehead atoms. The molecule has 0 amide bonds. The topological polar surface area (TPSA) is 52.6 Å². The van der Waals surface area contributed by atoms with Gasteiger partial charge in [-0.3, -0.25) is 0 Å². The lowest BCUT2D eigenvalue weighted by molar-refractivity contribution is 0.0498. The lowest BCUT2D eigenvalue weighted by atomic mass is 10.1. The maximum atomic E-state index is 12.6. The molecule has 4 nitrogen and oxygen atoms in total. The van der Waals surface area contributed by atoms with Gasteiger partial charge in [-0.25, -0.2) is 9.59 Å². The van der Waals surface area contributed by atoms with Gasteiger partial charge in [-0.05, 0) is 36.1 Å². The fourth-order valence-corrected chi connectivity index (χ4v) is 2.99. The van der Waals surface area contributed by atoms with Crippen LogP contribution in [0.3, 0.4) is 0 Å². The third-order valence-corrected chi connectivity index (χ3v) is 4.52. The van der Waals surface area contributed by atoms with Crippen molar-refractivity contribution in [3.05, 3.63) is 77.9 Å². The summed E-state index contributed by atoms with van der Waals surface area (Å²) in [6.45, 7) is 2.53. The lowest BCUT2D eigenvalue weighted by Crippen LogP contribution is -2.11. The summed E-state index contributed by atoms with van der Waals surface area (Å²) < 4.78 is 10.9. The Morgan fingerprint density at radius 1 is 0.786 bits per heavy atom. The van der Waals surface area contributed by atoms with Crippen LogP contribution < -0.4 is 4.74 Å². The molecule has 0 spiro atoms. The number of hydrogen-bond donors (Lipinski definition) is 0. The lowest BCUT2D eigenvalue weighted by Gasteiger charge is -2.09. The van der Waals surface area contributed by atoms with Gasteiger partial charge in [0.2, 0.25) is 0 Å². The molecule has 0 aliphatic rings. The summed E-state index contributed by atoms with van der Waals surface area (Å²) in [5, 5.41) is 1.86. The SMILES string of the molecule is CCCCCCOC(=O)c1cccc(C(=O)Oc2cccc3ccccc23)c1. The summed E-state index contributed by atoms with van der Waals surface area (Å²) in [4.78, 5) is 24.8. The van der Waals surface area contributed by atoms with E-state index in [-0.39, 0.29) is 0 Å². The van der Waals surface area contributed by atoms with Crippen molar-refractivity contribution >= 4 is 22.7 Å². The molecule has 3 rings (SSSR count). The molecule has 0 saturated heterocycles. The number of esters is 2. The van der Waals surface area contributed by atoms with Crippen molar-refractivity contribution in [1.29, 1.82) is 0 Å². The van der Waals surface area contributed by atoms with Gasteiger partial charge in [-0.15, -0.1) is 0 Å². The number of rotatable bonds is 8. The third kappa shape index (κ3) is 4.97. The van der Waals surface area contributed by atoms with Crippen molar-refractivity contribution in [3.63, 3.8) is 0 Å². The molecular weight excluding hydrogens is 352 g/mol. The van der Waals surface area contributed by atoms with Crippen LogP contribution in [-0.2, 0) is 4.74 Å². The van der Waals surface area contributed by atoms with E-state index in [9.17, 15) is 9.59 Å². The molecule has 0 aliphatic heterocycles. The molecular formula is C24H24O4. The standard InChI is InChI=1S/C24H24O4/c1-2-3-4-7-16-27-23(25)19-12-8-13-20(17-19)24(26)28-22-15-9-11-18-10-5-6-14-21(18)22/h5-6,8-15,17H,2-4,7,16H2,1H3. The van der Waals surface area contributed by atoms with E-state index in [2.05, 4.69) is 6.92 Å². The molecule has 3 aromatic carbocycles. The van der Waals surface area contributed by atoms with Crippen LogP contribution in [0.4, 0.5) is 0 Å². The molecule has 0 aliphatic carbocycles. The van der Waals surface area contributed by atoms with Crippen molar-refractivity contribution in [2.75, 3.05) is 6.61 Å². The molecule has 28 heavy (non-hydrogen) atoms. The highest BCUT2D eigenvalue weighted by Gasteiger charge is 2.14. The van der Waals surface area contributed by atoms with E-state index in [1.165, 1.54) is 6.07 Å². The maximum absolute atomic E-state index is 12.6. The molecule has 0 unspecified atom stereocenters. The Morgan fingerprint density at radius 3 is 2.32 bits per heavy atom. The van der Waals surface area contributed by atoms with E-state index < -0.39 is 11.9 Å². The predicted octanol–water partition coefficient (Wildman–Crippen LogP) is 5.80. The van der Waals surface area contributed by atoms with Crippen LogP contribution in [0.15, 0.2) is 66.7 Å². The first-order chi connectivity index (χ1) is 13.7. The minimum Gasteiger partial charge on any atom is -0.462 e. The van der Waals surface area contributed by atoms with Gasteiger partial charge in [0.1, 0.15) is 5.75 Å². The summed E-state index contributed by atoms with van der Waals surface area (Å²) in [6, 6.07) is 19.7. The number of fused-ring (bicyclic) bond motifs is 1. The second-order valence-electron chi connectivity index (χ2n) is 6.64. The first-order valence-electron chi connectivity index (χ1n) is 9.66. The van der Waals surface area contributed by atoms with E-state index in [0.717, 1.165) is 36.5 Å². The number of ether oxygens (including phenoxy) is 2. The van der Waals surface area contributed by atoms with Crippen molar-refractivity contribution in [3.8, 4) is 5.75 Å². The average Bonchev–Trinajstić information content (AvgIpc) is 2.74. The molecule has 0 aromatic heterocycles. The van der Waals surface area contributed by atoms with Crippen LogP contribution in [0.2, 0.25) is 0 Å². The number of carbonyl (C=O) groups excluding carboxylic acids is 2. The van der Waals surface area contributed by atoms with Crippen molar-refractivity contribution in [1.82, 2.24) is 0 Å². The van der Waals surface area contributed by atoms with Gasteiger partial charge < -0.3 is 9.47 Å². The fraction of sp³-hybridized carbons (Fsp3) is 0.250. The van der Waals surface area contributed by atoms with Crippen LogP contribution >= 0.6 is 0 Å². The second kappa shape index (κ2) is 9.70. The zero-order valence-electron chi connectivity index (χ0n) is 16.0. The molecule has 4 heteroatoms. The fourth-order valence-electron chi connectivity index (χ4n) is 2.99. The van der Waals surface area contributed by atoms with E-state index in [4.69, 9.17) is 9.47 Å². The number of benzene rings is 3. The minimum absolute atomic E-state index is 0.313. The molecule has 0 radical (unpaired) electrons. The Labute approximate surface area is 165 Å². The van der Waals surface area contributed by atoms with Crippen LogP contribution in [-0.4, -0.2) is 18.5 Å². The van der Waals surface area contributed by atoms with Crippen molar-refractivity contribution in [2.24, 2.45) is 0 Å². The Kier molecular flexibility index (Phi) is 6.79. The zero-order valence-corrected chi connectivity index (χ0v) is 16.0. The second-order valence-corrected chi connectivity index (χ2v) is 6.64. The van der Waals surface area contributed by atoms with Crippen molar-refractivity contribution < 1.29 is 19.1 Å². The highest BCUT2D eigenvalue weighted by Crippen LogP contribution is 2.26. The average molecular weight is 376 g/mol. The number of hydrogen-bond acceptors (Lipinski definition) is 4. The van der Waals surface area contributed by atoms with E-state index >= 15 is 0 Å². The molecule has 0 N–H and O–H groups in total. The van der Waals surface area contributed by atoms with Gasteiger partial charge in [0.15, 0.2) is 0 Å². The Bertz CT molecular complexity index is 956. The Hall–Kier alpha value is -3.14. The summed E-state index contributed by atoms with van der Waals surface area (Å²) in [5.74, 6) is -0.433. The van der Waals surface area contributed by atoms with Crippen LogP contribution in [0.5, 0.6) is 5.75 Å². The van der Waals surface area contributed by atoms with Gasteiger partial charge in [0.25, 0.3) is 0 Å². The molecule has 144 valence electrons. The third-order valence-electron chi connectivity index (χ3n) is 4.52. The van der Waals surface area contributed by atoms with Crippen LogP contribution in [0, 0.1) is 0 Å². The minimum atomic E-state index is -0.506. The number of unbranched alkanes of at least 4 members (excludes halogenated alkanes) is 3. The highest BCUT2D eigenvalue weighted by molar-refractivity contribution is 5.98. The van der Waals surface area contributed by atoms with Gasteiger partial charge >= 0.3 is 11.9 Å². The summed E-state index contributed by atoms with van der Waals surface area (Å²) in [6.07, 6.45) is 4.16. The monoisotopic (exact) mass is 376 g/mol. The maximum Gasteiger partial charge on any atom is 0.343 e. The van der Waals surface area contributed by atoms with Gasteiger partial charge in [0.05, 0.1) is 17.7 Å². The first kappa shape index (κ1) is 19.6. The van der Waals surface area contributed by atoms with Gasteiger partial charge in [-0.2, -0.15) is 0 Å². The van der Waals surface area contributed by atoms with Gasteiger partial charge in [0, 0.05) is 5.39 Å². The zero-order chi connectivity index (χ0) is 19.8. The largest absolute Gasteiger partial charge is 0.462 e. The highest BCUT2D eigenvalue weighted by atomic mass is 16.5. The Morgan fingerprint density at radius 2 is 1.50 bits per heavy atom. The normalized spacial score (nSPS) is 10.6. The van der Waals surface area contributed by atoms with E-state index in [0.29, 0.717) is 23.5 Å². The predicted molar refractivity (Wildman–Crippen MR) is 110 cm³/mol. The molecule has 0 saturated carbocycles. The molecule has 0 heterocycles.